The van der Waals surface area contributed by atoms with Gasteiger partial charge in [-0.1, -0.05) is 117 Å². The highest BCUT2D eigenvalue weighted by atomic mass is 35.5. The molecule has 2 fully saturated rings. The van der Waals surface area contributed by atoms with E-state index in [2.05, 4.69) is 29.5 Å². The van der Waals surface area contributed by atoms with E-state index in [4.69, 9.17) is 46.4 Å². The third-order valence-electron chi connectivity index (χ3n) is 8.26. The van der Waals surface area contributed by atoms with Crippen LogP contribution in [0.2, 0.25) is 20.1 Å². The van der Waals surface area contributed by atoms with Crippen molar-refractivity contribution in [3.8, 4) is 0 Å². The maximum atomic E-state index is 13.3. The third kappa shape index (κ3) is 9.96. The number of aliphatic imine (C=N–C) groups is 1. The third-order valence-corrected chi connectivity index (χ3v) is 9.38. The van der Waals surface area contributed by atoms with Gasteiger partial charge in [-0.2, -0.15) is 0 Å². The molecule has 248 valence electrons. The number of benzene rings is 2. The largest absolute Gasteiger partial charge is 0.277 e. The number of carbonyl (C=O) groups excluding carboxylic acids is 3. The van der Waals surface area contributed by atoms with Crippen molar-refractivity contribution in [1.82, 2.24) is 5.43 Å². The average Bonchev–Trinajstić information content (AvgIpc) is 3.50. The highest BCUT2D eigenvalue weighted by Gasteiger charge is 2.39. The zero-order chi connectivity index (χ0) is 33.1. The smallest absolute Gasteiger partial charge is 0.253 e. The molecule has 1 N–H and O–H groups in total. The van der Waals surface area contributed by atoms with E-state index in [1.54, 1.807) is 18.2 Å². The summed E-state index contributed by atoms with van der Waals surface area (Å²) in [5.74, 6) is -0.813. The minimum Gasteiger partial charge on any atom is -0.277 e. The number of nitrogens with zero attached hydrogens (tertiary/aromatic N) is 3. The Labute approximate surface area is 292 Å². The number of hydrogen-bond acceptors (Lipinski definition) is 4. The van der Waals surface area contributed by atoms with Gasteiger partial charge in [0.15, 0.2) is 0 Å². The summed E-state index contributed by atoms with van der Waals surface area (Å²) in [4.78, 5) is 44.8. The lowest BCUT2D eigenvalue weighted by molar-refractivity contribution is -0.122. The zero-order valence-electron chi connectivity index (χ0n) is 26.3. The lowest BCUT2D eigenvalue weighted by Gasteiger charge is -2.19. The molecule has 2 saturated heterocycles. The summed E-state index contributed by atoms with van der Waals surface area (Å²) in [6.07, 6.45) is 19.9. The van der Waals surface area contributed by atoms with Crippen molar-refractivity contribution in [2.45, 2.75) is 103 Å². The van der Waals surface area contributed by atoms with Crippen molar-refractivity contribution in [1.29, 1.82) is 0 Å². The predicted molar refractivity (Wildman–Crippen MR) is 191 cm³/mol. The average molecular weight is 709 g/mol. The van der Waals surface area contributed by atoms with Crippen LogP contribution >= 0.6 is 46.4 Å². The van der Waals surface area contributed by atoms with Crippen molar-refractivity contribution < 1.29 is 14.4 Å². The van der Waals surface area contributed by atoms with Gasteiger partial charge in [0, 0.05) is 17.4 Å². The number of unbranched alkanes of at least 4 members (excludes halogenated alkanes) is 10. The molecule has 1 unspecified atom stereocenters. The van der Waals surface area contributed by atoms with E-state index in [1.807, 2.05) is 0 Å². The molecule has 0 radical (unpaired) electrons. The van der Waals surface area contributed by atoms with Gasteiger partial charge in [0.2, 0.25) is 11.8 Å². The maximum Gasteiger partial charge on any atom is 0.253 e. The molecule has 0 bridgehead atoms. The molecule has 0 aliphatic carbocycles. The van der Waals surface area contributed by atoms with Crippen LogP contribution in [-0.2, 0) is 14.4 Å². The Morgan fingerprint density at radius 3 is 2.11 bits per heavy atom. The van der Waals surface area contributed by atoms with E-state index in [1.165, 1.54) is 73.4 Å². The number of rotatable bonds is 17. The number of imide groups is 1. The first-order chi connectivity index (χ1) is 22.2. The minimum absolute atomic E-state index is 0.0616. The Morgan fingerprint density at radius 2 is 1.43 bits per heavy atom. The van der Waals surface area contributed by atoms with Crippen molar-refractivity contribution in [2.24, 2.45) is 10.9 Å². The molecule has 1 atom stereocenters. The van der Waals surface area contributed by atoms with E-state index >= 15 is 0 Å². The molecule has 0 aromatic heterocycles. The summed E-state index contributed by atoms with van der Waals surface area (Å²) < 4.78 is 0. The molecule has 2 aromatic rings. The van der Waals surface area contributed by atoms with Crippen molar-refractivity contribution >= 4 is 87.0 Å². The van der Waals surface area contributed by atoms with E-state index in [0.717, 1.165) is 25.7 Å². The van der Waals surface area contributed by atoms with E-state index < -0.39 is 0 Å². The van der Waals surface area contributed by atoms with Crippen LogP contribution in [0.25, 0.3) is 0 Å². The molecule has 2 aliphatic rings. The Morgan fingerprint density at radius 1 is 0.804 bits per heavy atom. The molecule has 11 heteroatoms. The fraction of sp³-hybridized carbons (Fsp3) is 0.486. The van der Waals surface area contributed by atoms with Crippen molar-refractivity contribution in [3.05, 3.63) is 62.6 Å². The van der Waals surface area contributed by atoms with Gasteiger partial charge in [-0.15, -0.1) is 0 Å². The molecular weight excluding hydrogens is 666 g/mol. The Kier molecular flexibility index (Phi) is 14.3. The quantitative estimate of drug-likeness (QED) is 0.101. The first kappa shape index (κ1) is 36.3. The van der Waals surface area contributed by atoms with Gasteiger partial charge < -0.3 is 0 Å². The van der Waals surface area contributed by atoms with Crippen LogP contribution < -0.4 is 15.3 Å². The summed E-state index contributed by atoms with van der Waals surface area (Å²) in [6, 6.07) is 7.78. The SMILES string of the molecule is CCCCCCCCCCC=CCCCCC1CC(=O)N(c2ccc(Cl)c(N=C3CC(=O)N(c4c(Cl)cc(Cl)cc4Cl)N3)c2)C1=O. The Hall–Kier alpha value is -2.58. The van der Waals surface area contributed by atoms with Gasteiger partial charge >= 0.3 is 0 Å². The standard InChI is InChI=1S/C35H42Cl4N4O3/c1-2-3-4-5-6-7-8-9-10-11-12-13-14-15-16-24-19-32(44)42(35(24)46)26-17-18-27(37)30(22-26)40-31-23-33(45)43(41-31)34-28(38)20-25(36)21-29(34)39/h11-12,17-18,20-22,24H,2-10,13-16,19,23H2,1H3,(H,40,41). The van der Waals surface area contributed by atoms with Crippen LogP contribution in [0, 0.1) is 5.92 Å². The molecule has 2 heterocycles. The van der Waals surface area contributed by atoms with E-state index in [-0.39, 0.29) is 52.2 Å². The normalized spacial score (nSPS) is 17.7. The number of amides is 3. The lowest BCUT2D eigenvalue weighted by atomic mass is 9.99. The summed E-state index contributed by atoms with van der Waals surface area (Å²) in [6.45, 7) is 2.25. The number of hydrazine groups is 1. The molecule has 7 nitrogen and oxygen atoms in total. The van der Waals surface area contributed by atoms with Crippen molar-refractivity contribution in [3.63, 3.8) is 0 Å². The van der Waals surface area contributed by atoms with Crippen LogP contribution in [-0.4, -0.2) is 23.6 Å². The number of halogens is 4. The van der Waals surface area contributed by atoms with Crippen molar-refractivity contribution in [2.75, 3.05) is 9.91 Å². The number of anilines is 2. The van der Waals surface area contributed by atoms with Crippen LogP contribution in [0.5, 0.6) is 0 Å². The molecule has 2 aromatic carbocycles. The van der Waals surface area contributed by atoms with Crippen LogP contribution in [0.3, 0.4) is 0 Å². The second-order valence-electron chi connectivity index (χ2n) is 11.9. The van der Waals surface area contributed by atoms with Gasteiger partial charge in [-0.3, -0.25) is 24.7 Å². The van der Waals surface area contributed by atoms with Gasteiger partial charge in [0.1, 0.15) is 11.5 Å². The van der Waals surface area contributed by atoms with E-state index in [9.17, 15) is 14.4 Å². The molecular formula is C35H42Cl4N4O3. The van der Waals surface area contributed by atoms with Crippen LogP contribution in [0.1, 0.15) is 103 Å². The summed E-state index contributed by atoms with van der Waals surface area (Å²) in [5, 5.41) is 2.25. The number of amidine groups is 1. The van der Waals surface area contributed by atoms with Crippen LogP contribution in [0.4, 0.5) is 17.1 Å². The highest BCUT2D eigenvalue weighted by Crippen LogP contribution is 2.38. The number of allylic oxidation sites excluding steroid dienone is 2. The first-order valence-electron chi connectivity index (χ1n) is 16.3. The predicted octanol–water partition coefficient (Wildman–Crippen LogP) is 10.8. The zero-order valence-corrected chi connectivity index (χ0v) is 29.3. The molecule has 0 saturated carbocycles. The Balaban J connectivity index is 1.26. The number of nitrogens with one attached hydrogen (secondary N) is 1. The second kappa shape index (κ2) is 18.1. The first-order valence-corrected chi connectivity index (χ1v) is 17.8. The van der Waals surface area contributed by atoms with Gasteiger partial charge in [-0.25, -0.2) is 10.0 Å². The summed E-state index contributed by atoms with van der Waals surface area (Å²) in [7, 11) is 0. The van der Waals surface area contributed by atoms with Gasteiger partial charge in [-0.05, 0) is 62.4 Å². The fourth-order valence-corrected chi connectivity index (χ4v) is 6.94. The van der Waals surface area contributed by atoms with Crippen LogP contribution in [0.15, 0.2) is 47.5 Å². The molecule has 4 rings (SSSR count). The highest BCUT2D eigenvalue weighted by molar-refractivity contribution is 6.42. The lowest BCUT2D eigenvalue weighted by Crippen LogP contribution is -2.36. The Bertz CT molecular complexity index is 1440. The topological polar surface area (TPSA) is 82.1 Å². The molecule has 46 heavy (non-hydrogen) atoms. The second-order valence-corrected chi connectivity index (χ2v) is 13.6. The summed E-state index contributed by atoms with van der Waals surface area (Å²) >= 11 is 25.0. The monoisotopic (exact) mass is 706 g/mol. The molecule has 3 amide bonds. The van der Waals surface area contributed by atoms with Gasteiger partial charge in [0.05, 0.1) is 32.9 Å². The minimum atomic E-state index is -0.337. The van der Waals surface area contributed by atoms with Gasteiger partial charge in [0.25, 0.3) is 5.91 Å². The fourth-order valence-electron chi connectivity index (χ4n) is 5.79. The number of carbonyl (C=O) groups is 3. The summed E-state index contributed by atoms with van der Waals surface area (Å²) in [5.41, 5.74) is 3.89. The molecule has 0 spiro atoms. The number of hydrogen-bond donors (Lipinski definition) is 1. The maximum absolute atomic E-state index is 13.3. The molecule has 2 aliphatic heterocycles. The van der Waals surface area contributed by atoms with E-state index in [0.29, 0.717) is 33.7 Å².